The average Bonchev–Trinajstić information content (AvgIpc) is 2.32. The van der Waals surface area contributed by atoms with Crippen molar-refractivity contribution in [2.75, 3.05) is 0 Å². The van der Waals surface area contributed by atoms with Crippen molar-refractivity contribution < 1.29 is 5.11 Å². The first-order chi connectivity index (χ1) is 8.49. The first kappa shape index (κ1) is 13.1. The lowest BCUT2D eigenvalue weighted by atomic mass is 9.88. The fraction of sp³-hybridized carbons (Fsp3) is 0.250. The van der Waals surface area contributed by atoms with Gasteiger partial charge in [-0.2, -0.15) is 0 Å². The SMILES string of the molecule is Cc1cccc(C(C)(O)Cc2ccccc2Cl)c1. The van der Waals surface area contributed by atoms with Crippen molar-refractivity contribution in [3.63, 3.8) is 0 Å². The van der Waals surface area contributed by atoms with Crippen molar-refractivity contribution in [2.24, 2.45) is 0 Å². The van der Waals surface area contributed by atoms with Crippen LogP contribution in [-0.4, -0.2) is 5.11 Å². The molecule has 0 aromatic heterocycles. The van der Waals surface area contributed by atoms with Crippen molar-refractivity contribution in [3.8, 4) is 0 Å². The van der Waals surface area contributed by atoms with E-state index in [0.717, 1.165) is 16.7 Å². The zero-order valence-corrected chi connectivity index (χ0v) is 11.4. The van der Waals surface area contributed by atoms with Crippen LogP contribution in [0.3, 0.4) is 0 Å². The van der Waals surface area contributed by atoms with Gasteiger partial charge in [-0.1, -0.05) is 59.6 Å². The van der Waals surface area contributed by atoms with Gasteiger partial charge in [-0.25, -0.2) is 0 Å². The van der Waals surface area contributed by atoms with Crippen LogP contribution in [0.5, 0.6) is 0 Å². The van der Waals surface area contributed by atoms with Gasteiger partial charge >= 0.3 is 0 Å². The van der Waals surface area contributed by atoms with Crippen molar-refractivity contribution in [2.45, 2.75) is 25.9 Å². The van der Waals surface area contributed by atoms with Gasteiger partial charge in [0.1, 0.15) is 0 Å². The van der Waals surface area contributed by atoms with Gasteiger partial charge in [0.05, 0.1) is 5.60 Å². The summed E-state index contributed by atoms with van der Waals surface area (Å²) in [5, 5.41) is 11.3. The minimum atomic E-state index is -0.906. The van der Waals surface area contributed by atoms with Crippen LogP contribution in [0.25, 0.3) is 0 Å². The largest absolute Gasteiger partial charge is 0.385 e. The molecule has 0 bridgehead atoms. The number of aryl methyl sites for hydroxylation is 1. The first-order valence-corrected chi connectivity index (χ1v) is 6.40. The van der Waals surface area contributed by atoms with E-state index in [2.05, 4.69) is 0 Å². The highest BCUT2D eigenvalue weighted by Crippen LogP contribution is 2.28. The molecule has 2 aromatic rings. The summed E-state index contributed by atoms with van der Waals surface area (Å²) >= 11 is 6.14. The summed E-state index contributed by atoms with van der Waals surface area (Å²) in [5.41, 5.74) is 2.12. The maximum Gasteiger partial charge on any atom is 0.0909 e. The molecule has 0 fully saturated rings. The Balaban J connectivity index is 2.30. The minimum absolute atomic E-state index is 0.510. The van der Waals surface area contributed by atoms with Crippen molar-refractivity contribution in [1.29, 1.82) is 0 Å². The predicted octanol–water partition coefficient (Wildman–Crippen LogP) is 4.10. The molecule has 0 saturated carbocycles. The van der Waals surface area contributed by atoms with Crippen LogP contribution in [0.1, 0.15) is 23.6 Å². The van der Waals surface area contributed by atoms with Gasteiger partial charge in [0.2, 0.25) is 0 Å². The number of rotatable bonds is 3. The summed E-state index contributed by atoms with van der Waals surface area (Å²) in [4.78, 5) is 0. The van der Waals surface area contributed by atoms with E-state index < -0.39 is 5.60 Å². The summed E-state index contributed by atoms with van der Waals surface area (Å²) < 4.78 is 0. The third kappa shape index (κ3) is 2.92. The standard InChI is InChI=1S/C16H17ClO/c1-12-6-5-8-14(10-12)16(2,18)11-13-7-3-4-9-15(13)17/h3-10,18H,11H2,1-2H3. The molecule has 0 aliphatic heterocycles. The van der Waals surface area contributed by atoms with Crippen LogP contribution in [0, 0.1) is 6.92 Å². The van der Waals surface area contributed by atoms with Crippen LogP contribution < -0.4 is 0 Å². The van der Waals surface area contributed by atoms with Crippen molar-refractivity contribution >= 4 is 11.6 Å². The predicted molar refractivity (Wildman–Crippen MR) is 75.9 cm³/mol. The molecule has 2 rings (SSSR count). The second-order valence-corrected chi connectivity index (χ2v) is 5.32. The molecular formula is C16H17ClO. The van der Waals surface area contributed by atoms with Gasteiger partial charge in [-0.15, -0.1) is 0 Å². The molecule has 18 heavy (non-hydrogen) atoms. The Hall–Kier alpha value is -1.31. The Kier molecular flexibility index (Phi) is 3.74. The van der Waals surface area contributed by atoms with Crippen LogP contribution in [0.2, 0.25) is 5.02 Å². The second-order valence-electron chi connectivity index (χ2n) is 4.91. The Morgan fingerprint density at radius 1 is 1.11 bits per heavy atom. The first-order valence-electron chi connectivity index (χ1n) is 6.02. The molecule has 1 atom stereocenters. The topological polar surface area (TPSA) is 20.2 Å². The number of hydrogen-bond acceptors (Lipinski definition) is 1. The maximum atomic E-state index is 10.6. The molecule has 0 aliphatic rings. The Morgan fingerprint density at radius 3 is 2.50 bits per heavy atom. The van der Waals surface area contributed by atoms with E-state index in [9.17, 15) is 5.11 Å². The van der Waals surface area contributed by atoms with Gasteiger partial charge in [0.15, 0.2) is 0 Å². The Bertz CT molecular complexity index is 546. The molecular weight excluding hydrogens is 244 g/mol. The van der Waals surface area contributed by atoms with Crippen LogP contribution in [0.15, 0.2) is 48.5 Å². The summed E-state index contributed by atoms with van der Waals surface area (Å²) in [6.07, 6.45) is 0.510. The quantitative estimate of drug-likeness (QED) is 0.881. The molecule has 1 nitrogen and oxygen atoms in total. The molecule has 0 heterocycles. The molecule has 2 aromatic carbocycles. The van der Waals surface area contributed by atoms with Crippen LogP contribution in [0.4, 0.5) is 0 Å². The van der Waals surface area contributed by atoms with Gasteiger partial charge in [0.25, 0.3) is 0 Å². The van der Waals surface area contributed by atoms with E-state index in [4.69, 9.17) is 11.6 Å². The lowest BCUT2D eigenvalue weighted by Gasteiger charge is -2.25. The van der Waals surface area contributed by atoms with Gasteiger partial charge in [-0.3, -0.25) is 0 Å². The van der Waals surface area contributed by atoms with Crippen LogP contribution in [-0.2, 0) is 12.0 Å². The van der Waals surface area contributed by atoms with E-state index in [1.165, 1.54) is 0 Å². The smallest absolute Gasteiger partial charge is 0.0909 e. The summed E-state index contributed by atoms with van der Waals surface area (Å²) in [6, 6.07) is 15.6. The number of aliphatic hydroxyl groups is 1. The number of hydrogen-bond donors (Lipinski definition) is 1. The third-order valence-corrected chi connectivity index (χ3v) is 3.50. The Labute approximate surface area is 113 Å². The summed E-state index contributed by atoms with van der Waals surface area (Å²) in [5.74, 6) is 0. The van der Waals surface area contributed by atoms with Gasteiger partial charge < -0.3 is 5.11 Å². The number of halogens is 1. The van der Waals surface area contributed by atoms with Crippen molar-refractivity contribution in [1.82, 2.24) is 0 Å². The van der Waals surface area contributed by atoms with E-state index in [1.54, 1.807) is 0 Å². The third-order valence-electron chi connectivity index (χ3n) is 3.13. The van der Waals surface area contributed by atoms with E-state index in [-0.39, 0.29) is 0 Å². The van der Waals surface area contributed by atoms with E-state index in [1.807, 2.05) is 62.4 Å². The molecule has 0 spiro atoms. The highest BCUT2D eigenvalue weighted by atomic mass is 35.5. The zero-order valence-electron chi connectivity index (χ0n) is 10.7. The monoisotopic (exact) mass is 260 g/mol. The van der Waals surface area contributed by atoms with E-state index in [0.29, 0.717) is 11.4 Å². The highest BCUT2D eigenvalue weighted by Gasteiger charge is 2.24. The molecule has 94 valence electrons. The second kappa shape index (κ2) is 5.13. The number of benzene rings is 2. The molecule has 1 N–H and O–H groups in total. The lowest BCUT2D eigenvalue weighted by molar-refractivity contribution is 0.0576. The Morgan fingerprint density at radius 2 is 1.83 bits per heavy atom. The fourth-order valence-corrected chi connectivity index (χ4v) is 2.30. The zero-order chi connectivity index (χ0) is 13.2. The summed E-state index contributed by atoms with van der Waals surface area (Å²) in [6.45, 7) is 3.85. The maximum absolute atomic E-state index is 10.6. The van der Waals surface area contributed by atoms with Crippen LogP contribution >= 0.6 is 11.6 Å². The molecule has 0 saturated heterocycles. The molecule has 2 heteroatoms. The highest BCUT2D eigenvalue weighted by molar-refractivity contribution is 6.31. The average molecular weight is 261 g/mol. The van der Waals surface area contributed by atoms with Gasteiger partial charge in [0, 0.05) is 11.4 Å². The van der Waals surface area contributed by atoms with E-state index >= 15 is 0 Å². The molecule has 0 amide bonds. The lowest BCUT2D eigenvalue weighted by Crippen LogP contribution is -2.24. The van der Waals surface area contributed by atoms with Gasteiger partial charge in [-0.05, 0) is 31.0 Å². The minimum Gasteiger partial charge on any atom is -0.385 e. The normalized spacial score (nSPS) is 14.2. The van der Waals surface area contributed by atoms with Crippen molar-refractivity contribution in [3.05, 3.63) is 70.2 Å². The molecule has 0 aliphatic carbocycles. The fourth-order valence-electron chi connectivity index (χ4n) is 2.09. The molecule has 1 unspecified atom stereocenters. The molecule has 0 radical (unpaired) electrons. The summed E-state index contributed by atoms with van der Waals surface area (Å²) in [7, 11) is 0.